The number of nitrogens with zero attached hydrogens (tertiary/aromatic N) is 2. The molecule has 0 aliphatic heterocycles. The molecular weight excluding hydrogens is 344 g/mol. The lowest BCUT2D eigenvalue weighted by atomic mass is 9.97. The summed E-state index contributed by atoms with van der Waals surface area (Å²) in [6.45, 7) is 5.46. The Hall–Kier alpha value is -3.37. The molecule has 2 heterocycles. The molecular formula is C24H24N4+2. The van der Waals surface area contributed by atoms with Crippen molar-refractivity contribution in [3.63, 3.8) is 0 Å². The van der Waals surface area contributed by atoms with E-state index in [0.717, 1.165) is 58.6 Å². The number of quaternary nitrogens is 1. The normalized spacial score (nSPS) is 10.9. The standard InChI is InChI=1S/C24H23N4/c1-2-13-26-24-21-15-20(18-6-4-3-5-7-18)23(28-22(21)12-14-27-24)19-10-8-17(16-25)9-11-19/h3-12,14-15H,1-2,13,16,25H2,(H,26,27)/q+1/p+1. The summed E-state index contributed by atoms with van der Waals surface area (Å²) in [5, 5.41) is 4.39. The van der Waals surface area contributed by atoms with E-state index in [0.29, 0.717) is 0 Å². The van der Waals surface area contributed by atoms with Crippen molar-refractivity contribution in [1.29, 1.82) is 0 Å². The molecule has 0 fully saturated rings. The molecule has 4 rings (SSSR count). The van der Waals surface area contributed by atoms with Crippen LogP contribution in [0.2, 0.25) is 0 Å². The first-order valence-corrected chi connectivity index (χ1v) is 9.57. The van der Waals surface area contributed by atoms with Gasteiger partial charge in [0, 0.05) is 28.3 Å². The van der Waals surface area contributed by atoms with E-state index in [-0.39, 0.29) is 0 Å². The number of nitrogens with one attached hydrogen (secondary N) is 1. The van der Waals surface area contributed by atoms with E-state index in [9.17, 15) is 0 Å². The van der Waals surface area contributed by atoms with Crippen molar-refractivity contribution in [2.45, 2.75) is 13.0 Å². The number of rotatable bonds is 6. The largest absolute Gasteiger partial charge is 0.365 e. The lowest BCUT2D eigenvalue weighted by Gasteiger charge is -2.14. The quantitative estimate of drug-likeness (QED) is 0.498. The molecule has 0 saturated heterocycles. The highest BCUT2D eigenvalue weighted by Gasteiger charge is 2.14. The van der Waals surface area contributed by atoms with Crippen molar-refractivity contribution in [2.24, 2.45) is 0 Å². The van der Waals surface area contributed by atoms with Gasteiger partial charge in [0.05, 0.1) is 31.2 Å². The minimum Gasteiger partial charge on any atom is -0.365 e. The Kier molecular flexibility index (Phi) is 5.22. The van der Waals surface area contributed by atoms with Crippen molar-refractivity contribution in [2.75, 3.05) is 11.9 Å². The predicted octanol–water partition coefficient (Wildman–Crippen LogP) is 4.34. The van der Waals surface area contributed by atoms with Gasteiger partial charge in [0.25, 0.3) is 0 Å². The number of hydrogen-bond donors (Lipinski definition) is 2. The number of benzene rings is 2. The first-order valence-electron chi connectivity index (χ1n) is 9.57. The monoisotopic (exact) mass is 368 g/mol. The molecule has 4 aromatic rings. The second-order valence-electron chi connectivity index (χ2n) is 6.70. The summed E-state index contributed by atoms with van der Waals surface area (Å²) in [4.78, 5) is 9.55. The van der Waals surface area contributed by atoms with Gasteiger partial charge in [-0.3, -0.25) is 0 Å². The topological polar surface area (TPSA) is 65.5 Å². The van der Waals surface area contributed by atoms with E-state index in [2.05, 4.69) is 77.6 Å². The van der Waals surface area contributed by atoms with Crippen LogP contribution in [-0.4, -0.2) is 16.5 Å². The maximum atomic E-state index is 5.03. The molecule has 2 aromatic carbocycles. The van der Waals surface area contributed by atoms with Gasteiger partial charge in [-0.2, -0.15) is 0 Å². The first kappa shape index (κ1) is 18.0. The third-order valence-corrected chi connectivity index (χ3v) is 4.81. The molecule has 0 bridgehead atoms. The van der Waals surface area contributed by atoms with Crippen LogP contribution in [0.5, 0.6) is 0 Å². The number of aromatic nitrogens is 2. The van der Waals surface area contributed by atoms with Gasteiger partial charge in [-0.25, -0.2) is 9.97 Å². The highest BCUT2D eigenvalue weighted by Crippen LogP contribution is 2.35. The molecule has 4 nitrogen and oxygen atoms in total. The van der Waals surface area contributed by atoms with E-state index in [1.54, 1.807) is 6.20 Å². The van der Waals surface area contributed by atoms with E-state index in [1.165, 1.54) is 5.56 Å². The highest BCUT2D eigenvalue weighted by atomic mass is 15.0. The number of fused-ring (bicyclic) bond motifs is 1. The van der Waals surface area contributed by atoms with Crippen LogP contribution in [-0.2, 0) is 6.54 Å². The number of pyridine rings is 2. The third-order valence-electron chi connectivity index (χ3n) is 4.81. The second-order valence-corrected chi connectivity index (χ2v) is 6.70. The van der Waals surface area contributed by atoms with Crippen LogP contribution >= 0.6 is 0 Å². The first-order chi connectivity index (χ1) is 13.8. The summed E-state index contributed by atoms with van der Waals surface area (Å²) in [6, 6.07) is 23.0. The van der Waals surface area contributed by atoms with Crippen molar-refractivity contribution < 1.29 is 5.73 Å². The molecule has 0 saturated carbocycles. The lowest BCUT2D eigenvalue weighted by molar-refractivity contribution is -0.386. The molecule has 28 heavy (non-hydrogen) atoms. The fraction of sp³-hybridized carbons (Fsp3) is 0.125. The molecule has 4 heteroatoms. The Morgan fingerprint density at radius 1 is 0.929 bits per heavy atom. The Labute approximate surface area is 165 Å². The molecule has 0 amide bonds. The fourth-order valence-corrected chi connectivity index (χ4v) is 3.33. The molecule has 4 N–H and O–H groups in total. The van der Waals surface area contributed by atoms with Crippen molar-refractivity contribution >= 4 is 16.7 Å². The van der Waals surface area contributed by atoms with Crippen molar-refractivity contribution in [3.05, 3.63) is 85.4 Å². The zero-order valence-electron chi connectivity index (χ0n) is 15.9. The number of anilines is 1. The molecule has 0 aliphatic carbocycles. The van der Waals surface area contributed by atoms with Crippen LogP contribution in [0.25, 0.3) is 33.3 Å². The van der Waals surface area contributed by atoms with Crippen molar-refractivity contribution in [1.82, 2.24) is 9.97 Å². The SMILES string of the molecule is [CH2+]CCNc1nccc2nc(-c3ccc(C[NH3+])cc3)c(-c3ccccc3)cc12. The Balaban J connectivity index is 1.94. The van der Waals surface area contributed by atoms with Gasteiger partial charge in [-0.05, 0) is 17.7 Å². The fourth-order valence-electron chi connectivity index (χ4n) is 3.33. The van der Waals surface area contributed by atoms with Crippen molar-refractivity contribution in [3.8, 4) is 22.4 Å². The zero-order valence-corrected chi connectivity index (χ0v) is 15.9. The van der Waals surface area contributed by atoms with E-state index < -0.39 is 0 Å². The molecule has 2 aromatic heterocycles. The molecule has 0 spiro atoms. The molecule has 0 aliphatic rings. The highest BCUT2D eigenvalue weighted by molar-refractivity contribution is 5.96. The van der Waals surface area contributed by atoms with E-state index in [1.807, 2.05) is 12.1 Å². The summed E-state index contributed by atoms with van der Waals surface area (Å²) in [5.74, 6) is 0.852. The minimum atomic E-state index is 0.779. The summed E-state index contributed by atoms with van der Waals surface area (Å²) in [7, 11) is 0. The summed E-state index contributed by atoms with van der Waals surface area (Å²) in [6.07, 6.45) is 2.60. The van der Waals surface area contributed by atoms with Crippen LogP contribution in [0, 0.1) is 6.92 Å². The van der Waals surface area contributed by atoms with E-state index in [4.69, 9.17) is 4.98 Å². The van der Waals surface area contributed by atoms with Crippen LogP contribution in [0.15, 0.2) is 72.9 Å². The van der Waals surface area contributed by atoms with Gasteiger partial charge in [0.2, 0.25) is 0 Å². The molecule has 0 atom stereocenters. The summed E-state index contributed by atoms with van der Waals surface area (Å²) < 4.78 is 0. The third kappa shape index (κ3) is 3.55. The average Bonchev–Trinajstić information content (AvgIpc) is 2.77. The van der Waals surface area contributed by atoms with Gasteiger partial charge >= 0.3 is 0 Å². The van der Waals surface area contributed by atoms with Crippen LogP contribution < -0.4 is 11.1 Å². The maximum Gasteiger partial charge on any atom is 0.135 e. The molecule has 138 valence electrons. The number of hydrogen-bond acceptors (Lipinski definition) is 3. The zero-order chi connectivity index (χ0) is 19.3. The summed E-state index contributed by atoms with van der Waals surface area (Å²) in [5.41, 5.74) is 10.4. The lowest BCUT2D eigenvalue weighted by Crippen LogP contribution is -2.47. The Morgan fingerprint density at radius 3 is 2.43 bits per heavy atom. The smallest absolute Gasteiger partial charge is 0.135 e. The van der Waals surface area contributed by atoms with Crippen LogP contribution in [0.3, 0.4) is 0 Å². The maximum absolute atomic E-state index is 5.03. The van der Waals surface area contributed by atoms with E-state index >= 15 is 0 Å². The Bertz CT molecular complexity index is 1070. The predicted molar refractivity (Wildman–Crippen MR) is 115 cm³/mol. The van der Waals surface area contributed by atoms with Gasteiger partial charge < -0.3 is 11.1 Å². The molecule has 0 radical (unpaired) electrons. The Morgan fingerprint density at radius 2 is 1.71 bits per heavy atom. The molecule has 0 unspecified atom stereocenters. The van der Waals surface area contributed by atoms with Gasteiger partial charge in [-0.1, -0.05) is 54.6 Å². The van der Waals surface area contributed by atoms with Gasteiger partial charge in [0.1, 0.15) is 12.2 Å². The summed E-state index contributed by atoms with van der Waals surface area (Å²) >= 11 is 0. The van der Waals surface area contributed by atoms with Crippen LogP contribution in [0.4, 0.5) is 5.82 Å². The van der Waals surface area contributed by atoms with Gasteiger partial charge in [0.15, 0.2) is 0 Å². The minimum absolute atomic E-state index is 0.779. The van der Waals surface area contributed by atoms with Gasteiger partial charge in [-0.15, -0.1) is 0 Å². The van der Waals surface area contributed by atoms with Crippen LogP contribution in [0.1, 0.15) is 12.0 Å². The average molecular weight is 368 g/mol. The second kappa shape index (κ2) is 8.11.